The quantitative estimate of drug-likeness (QED) is 0.867. The first-order chi connectivity index (χ1) is 8.81. The molecule has 0 radical (unpaired) electrons. The number of nitrogens with zero attached hydrogens (tertiary/aromatic N) is 2. The van der Waals surface area contributed by atoms with Crippen LogP contribution in [0, 0.1) is 12.8 Å². The van der Waals surface area contributed by atoms with E-state index in [1.165, 1.54) is 11.8 Å². The first kappa shape index (κ1) is 15.2. The van der Waals surface area contributed by atoms with Gasteiger partial charge in [0.15, 0.2) is 0 Å². The normalized spacial score (nSPS) is 12.3. The Balaban J connectivity index is 2.70. The van der Waals surface area contributed by atoms with E-state index in [0.717, 1.165) is 0 Å². The van der Waals surface area contributed by atoms with Crippen LogP contribution in [0.2, 0.25) is 0 Å². The third-order valence-corrected chi connectivity index (χ3v) is 2.74. The summed E-state index contributed by atoms with van der Waals surface area (Å²) in [5.74, 6) is 0.389. The van der Waals surface area contributed by atoms with Crippen LogP contribution >= 0.6 is 0 Å². The summed E-state index contributed by atoms with van der Waals surface area (Å²) in [6, 6.07) is 1.27. The van der Waals surface area contributed by atoms with Crippen molar-refractivity contribution in [1.29, 1.82) is 0 Å². The molecule has 0 spiro atoms. The summed E-state index contributed by atoms with van der Waals surface area (Å²) in [5.41, 5.74) is 0.693. The summed E-state index contributed by atoms with van der Waals surface area (Å²) in [4.78, 5) is 25.0. The molecule has 0 fully saturated rings. The summed E-state index contributed by atoms with van der Waals surface area (Å²) in [7, 11) is 1.68. The Morgan fingerprint density at radius 3 is 2.53 bits per heavy atom. The molecule has 106 valence electrons. The van der Waals surface area contributed by atoms with Crippen molar-refractivity contribution in [1.82, 2.24) is 15.4 Å². The Labute approximate surface area is 113 Å². The highest BCUT2D eigenvalue weighted by Crippen LogP contribution is 2.09. The Morgan fingerprint density at radius 1 is 1.47 bits per heavy atom. The number of rotatable bonds is 5. The van der Waals surface area contributed by atoms with Gasteiger partial charge < -0.3 is 14.7 Å². The number of hydrogen-bond donors (Lipinski definition) is 1. The average molecular weight is 267 g/mol. The molecule has 0 bridgehead atoms. The molecule has 1 N–H and O–H groups in total. The third kappa shape index (κ3) is 4.39. The lowest BCUT2D eigenvalue weighted by molar-refractivity contribution is -0.136. The van der Waals surface area contributed by atoms with Crippen LogP contribution in [-0.4, -0.2) is 35.0 Å². The van der Waals surface area contributed by atoms with Gasteiger partial charge in [0.25, 0.3) is 0 Å². The van der Waals surface area contributed by atoms with Gasteiger partial charge in [0.2, 0.25) is 11.8 Å². The lowest BCUT2D eigenvalue weighted by Crippen LogP contribution is -2.49. The Kier molecular flexibility index (Phi) is 5.09. The van der Waals surface area contributed by atoms with Crippen molar-refractivity contribution >= 4 is 11.8 Å². The van der Waals surface area contributed by atoms with Crippen LogP contribution in [0.5, 0.6) is 0 Å². The highest BCUT2D eigenvalue weighted by Gasteiger charge is 2.26. The van der Waals surface area contributed by atoms with Gasteiger partial charge in [0.1, 0.15) is 17.5 Å². The van der Waals surface area contributed by atoms with E-state index in [1.54, 1.807) is 20.0 Å². The second-order valence-electron chi connectivity index (χ2n) is 5.05. The van der Waals surface area contributed by atoms with Crippen molar-refractivity contribution in [3.8, 4) is 0 Å². The second kappa shape index (κ2) is 6.36. The molecule has 1 aromatic heterocycles. The molecule has 2 amide bonds. The van der Waals surface area contributed by atoms with Crippen LogP contribution in [0.4, 0.5) is 0 Å². The van der Waals surface area contributed by atoms with E-state index in [-0.39, 0.29) is 17.7 Å². The van der Waals surface area contributed by atoms with Gasteiger partial charge >= 0.3 is 0 Å². The fourth-order valence-corrected chi connectivity index (χ4v) is 1.78. The van der Waals surface area contributed by atoms with Crippen molar-refractivity contribution in [3.63, 3.8) is 0 Å². The van der Waals surface area contributed by atoms with Gasteiger partial charge in [0, 0.05) is 20.0 Å². The number of aromatic nitrogens is 1. The largest absolute Gasteiger partial charge is 0.361 e. The summed E-state index contributed by atoms with van der Waals surface area (Å²) in [5, 5.41) is 6.52. The molecule has 0 aliphatic rings. The summed E-state index contributed by atoms with van der Waals surface area (Å²) in [6.07, 6.45) is 0. The molecule has 6 nitrogen and oxygen atoms in total. The molecule has 0 unspecified atom stereocenters. The lowest BCUT2D eigenvalue weighted by Gasteiger charge is -2.26. The highest BCUT2D eigenvalue weighted by molar-refractivity contribution is 5.86. The zero-order chi connectivity index (χ0) is 14.6. The maximum absolute atomic E-state index is 12.3. The van der Waals surface area contributed by atoms with E-state index in [1.807, 2.05) is 13.8 Å². The smallest absolute Gasteiger partial charge is 0.245 e. The van der Waals surface area contributed by atoms with E-state index in [2.05, 4.69) is 10.5 Å². The standard InChI is InChI=1S/C13H21N3O3/c1-8(2)12(14-10(4)17)13(18)16(5)7-11-6-9(3)19-15-11/h6,8,12H,7H2,1-5H3,(H,14,17)/t12-/m1/s1. The van der Waals surface area contributed by atoms with Crippen LogP contribution in [-0.2, 0) is 16.1 Å². The Bertz CT molecular complexity index is 454. The Hall–Kier alpha value is -1.85. The number of hydrogen-bond acceptors (Lipinski definition) is 4. The van der Waals surface area contributed by atoms with Gasteiger partial charge in [-0.1, -0.05) is 19.0 Å². The van der Waals surface area contributed by atoms with Gasteiger partial charge in [-0.3, -0.25) is 9.59 Å². The minimum absolute atomic E-state index is 0.0258. The summed E-state index contributed by atoms with van der Waals surface area (Å²) < 4.78 is 4.96. The van der Waals surface area contributed by atoms with Crippen molar-refractivity contribution in [2.75, 3.05) is 7.05 Å². The fraction of sp³-hybridized carbons (Fsp3) is 0.615. The SMILES string of the molecule is CC(=O)N[C@@H](C(=O)N(C)Cc1cc(C)on1)C(C)C. The minimum Gasteiger partial charge on any atom is -0.361 e. The van der Waals surface area contributed by atoms with Gasteiger partial charge in [-0.15, -0.1) is 0 Å². The number of carbonyl (C=O) groups is 2. The molecule has 1 aromatic rings. The van der Waals surface area contributed by atoms with Crippen molar-refractivity contribution in [3.05, 3.63) is 17.5 Å². The number of likely N-dealkylation sites (N-methyl/N-ethyl adjacent to an activating group) is 1. The first-order valence-corrected chi connectivity index (χ1v) is 6.25. The third-order valence-electron chi connectivity index (χ3n) is 2.74. The second-order valence-corrected chi connectivity index (χ2v) is 5.05. The van der Waals surface area contributed by atoms with Crippen LogP contribution < -0.4 is 5.32 Å². The number of amides is 2. The van der Waals surface area contributed by atoms with E-state index < -0.39 is 6.04 Å². The van der Waals surface area contributed by atoms with Crippen molar-refractivity contribution in [2.45, 2.75) is 40.3 Å². The van der Waals surface area contributed by atoms with Crippen LogP contribution in [0.15, 0.2) is 10.6 Å². The van der Waals surface area contributed by atoms with Crippen molar-refractivity contribution < 1.29 is 14.1 Å². The predicted octanol–water partition coefficient (Wildman–Crippen LogP) is 1.10. The minimum atomic E-state index is -0.518. The van der Waals surface area contributed by atoms with E-state index in [0.29, 0.717) is 18.0 Å². The molecule has 0 aliphatic carbocycles. The maximum atomic E-state index is 12.3. The van der Waals surface area contributed by atoms with Crippen molar-refractivity contribution in [2.24, 2.45) is 5.92 Å². The van der Waals surface area contributed by atoms with Crippen LogP contribution in [0.25, 0.3) is 0 Å². The van der Waals surface area contributed by atoms with E-state index in [4.69, 9.17) is 4.52 Å². The molecular weight excluding hydrogens is 246 g/mol. The molecule has 1 atom stereocenters. The van der Waals surface area contributed by atoms with Gasteiger partial charge in [-0.05, 0) is 12.8 Å². The predicted molar refractivity (Wildman–Crippen MR) is 70.2 cm³/mol. The molecular formula is C13H21N3O3. The molecule has 1 heterocycles. The average Bonchev–Trinajstić information content (AvgIpc) is 2.70. The summed E-state index contributed by atoms with van der Waals surface area (Å²) in [6.45, 7) is 7.36. The van der Waals surface area contributed by atoms with Gasteiger partial charge in [0.05, 0.1) is 6.54 Å². The van der Waals surface area contributed by atoms with Crippen LogP contribution in [0.3, 0.4) is 0 Å². The topological polar surface area (TPSA) is 75.4 Å². The van der Waals surface area contributed by atoms with Gasteiger partial charge in [-0.25, -0.2) is 0 Å². The molecule has 1 rings (SSSR count). The van der Waals surface area contributed by atoms with E-state index in [9.17, 15) is 9.59 Å². The maximum Gasteiger partial charge on any atom is 0.245 e. The first-order valence-electron chi connectivity index (χ1n) is 6.25. The summed E-state index contributed by atoms with van der Waals surface area (Å²) >= 11 is 0. The van der Waals surface area contributed by atoms with E-state index >= 15 is 0 Å². The zero-order valence-corrected chi connectivity index (χ0v) is 12.1. The highest BCUT2D eigenvalue weighted by atomic mass is 16.5. The number of carbonyl (C=O) groups excluding carboxylic acids is 2. The molecule has 0 aliphatic heterocycles. The lowest BCUT2D eigenvalue weighted by atomic mass is 10.0. The Morgan fingerprint density at radius 2 is 2.11 bits per heavy atom. The number of aryl methyl sites for hydroxylation is 1. The zero-order valence-electron chi connectivity index (χ0n) is 12.1. The molecule has 6 heteroatoms. The number of nitrogens with one attached hydrogen (secondary N) is 1. The molecule has 0 saturated carbocycles. The molecule has 0 saturated heterocycles. The molecule has 0 aromatic carbocycles. The van der Waals surface area contributed by atoms with Crippen LogP contribution in [0.1, 0.15) is 32.2 Å². The molecule has 19 heavy (non-hydrogen) atoms. The monoisotopic (exact) mass is 267 g/mol. The van der Waals surface area contributed by atoms with Gasteiger partial charge in [-0.2, -0.15) is 0 Å². The fourth-order valence-electron chi connectivity index (χ4n) is 1.78.